The normalized spacial score (nSPS) is 12.2. The minimum absolute atomic E-state index is 0.221. The number of benzene rings is 1. The molecular weight excluding hydrogens is 291 g/mol. The van der Waals surface area contributed by atoms with E-state index >= 15 is 0 Å². The van der Waals surface area contributed by atoms with Crippen LogP contribution in [0.4, 0.5) is 0 Å². The number of alkyl halides is 1. The Balaban J connectivity index is 2.75. The Bertz CT molecular complexity index is 423. The molecule has 2 rings (SSSR count). The second kappa shape index (κ2) is 3.24. The van der Waals surface area contributed by atoms with Crippen molar-refractivity contribution in [2.75, 3.05) is 0 Å². The zero-order valence-corrected chi connectivity index (χ0v) is 10.6. The van der Waals surface area contributed by atoms with Crippen LogP contribution in [0.5, 0.6) is 0 Å². The zero-order chi connectivity index (χ0) is 9.47. The van der Waals surface area contributed by atoms with Gasteiger partial charge in [0.05, 0.1) is 0 Å². The maximum Gasteiger partial charge on any atom is 0.0420 e. The first-order chi connectivity index (χ1) is 6.09. The van der Waals surface area contributed by atoms with Gasteiger partial charge in [-0.1, -0.05) is 34.7 Å². The number of rotatable bonds is 1. The molecule has 0 fully saturated rings. The fourth-order valence-corrected chi connectivity index (χ4v) is 2.80. The van der Waals surface area contributed by atoms with Gasteiger partial charge in [0, 0.05) is 8.12 Å². The summed E-state index contributed by atoms with van der Waals surface area (Å²) in [5.74, 6) is 0. The fourth-order valence-electron chi connectivity index (χ4n) is 1.51. The van der Waals surface area contributed by atoms with Crippen LogP contribution in [0.25, 0.3) is 10.1 Å². The Labute approximate surface area is 96.1 Å². The van der Waals surface area contributed by atoms with Crippen LogP contribution in [0.1, 0.15) is 19.4 Å². The molecule has 1 aromatic carbocycles. The summed E-state index contributed by atoms with van der Waals surface area (Å²) in [5, 5.41) is 3.57. The summed E-state index contributed by atoms with van der Waals surface area (Å²) < 4.78 is 1.61. The molecule has 0 nitrogen and oxygen atoms in total. The number of hydrogen-bond donors (Lipinski definition) is 0. The summed E-state index contributed by atoms with van der Waals surface area (Å²) in [6.07, 6.45) is 0. The molecule has 0 saturated carbocycles. The van der Waals surface area contributed by atoms with Crippen molar-refractivity contribution in [1.29, 1.82) is 0 Å². The molecule has 0 atom stereocenters. The van der Waals surface area contributed by atoms with Crippen molar-refractivity contribution in [3.63, 3.8) is 0 Å². The lowest BCUT2D eigenvalue weighted by molar-refractivity contribution is 0.836. The summed E-state index contributed by atoms with van der Waals surface area (Å²) in [7, 11) is 0. The zero-order valence-electron chi connectivity index (χ0n) is 7.67. The van der Waals surface area contributed by atoms with E-state index in [9.17, 15) is 0 Å². The van der Waals surface area contributed by atoms with Crippen LogP contribution >= 0.6 is 33.9 Å². The van der Waals surface area contributed by atoms with Gasteiger partial charge in [-0.3, -0.25) is 0 Å². The topological polar surface area (TPSA) is 0 Å². The standard InChI is InChI=1S/C11H11IS/c1-11(2,12)9-4-3-5-10-8(9)6-7-13-10/h3-7H,1-2H3. The minimum atomic E-state index is 0.221. The number of fused-ring (bicyclic) bond motifs is 1. The van der Waals surface area contributed by atoms with Gasteiger partial charge in [0.1, 0.15) is 0 Å². The molecule has 1 heterocycles. The second-order valence-electron chi connectivity index (χ2n) is 3.61. The maximum absolute atomic E-state index is 2.49. The van der Waals surface area contributed by atoms with E-state index < -0.39 is 0 Å². The number of thiophene rings is 1. The average Bonchev–Trinajstić information content (AvgIpc) is 2.48. The summed E-state index contributed by atoms with van der Waals surface area (Å²) in [5.41, 5.74) is 1.44. The van der Waals surface area contributed by atoms with Crippen LogP contribution in [0.3, 0.4) is 0 Å². The molecule has 0 aliphatic carbocycles. The van der Waals surface area contributed by atoms with Crippen LogP contribution in [0.2, 0.25) is 0 Å². The van der Waals surface area contributed by atoms with Crippen molar-refractivity contribution >= 4 is 44.0 Å². The highest BCUT2D eigenvalue weighted by atomic mass is 127. The van der Waals surface area contributed by atoms with E-state index in [1.165, 1.54) is 15.6 Å². The largest absolute Gasteiger partial charge is 0.144 e. The molecule has 0 bridgehead atoms. The Hall–Kier alpha value is -0.0900. The van der Waals surface area contributed by atoms with Crippen LogP contribution in [0.15, 0.2) is 29.6 Å². The van der Waals surface area contributed by atoms with Crippen LogP contribution in [-0.2, 0) is 3.42 Å². The molecule has 0 amide bonds. The highest BCUT2D eigenvalue weighted by molar-refractivity contribution is 14.1. The summed E-state index contributed by atoms with van der Waals surface area (Å²) in [6, 6.07) is 8.78. The Morgan fingerprint density at radius 1 is 1.23 bits per heavy atom. The van der Waals surface area contributed by atoms with E-state index in [4.69, 9.17) is 0 Å². The smallest absolute Gasteiger partial charge is 0.0420 e. The first kappa shape index (κ1) is 9.46. The second-order valence-corrected chi connectivity index (χ2v) is 7.26. The maximum atomic E-state index is 2.49. The molecule has 13 heavy (non-hydrogen) atoms. The van der Waals surface area contributed by atoms with E-state index in [-0.39, 0.29) is 3.42 Å². The van der Waals surface area contributed by atoms with Crippen molar-refractivity contribution in [3.8, 4) is 0 Å². The summed E-state index contributed by atoms with van der Waals surface area (Å²) in [4.78, 5) is 0. The predicted molar refractivity (Wildman–Crippen MR) is 68.9 cm³/mol. The highest BCUT2D eigenvalue weighted by Crippen LogP contribution is 2.36. The van der Waals surface area contributed by atoms with Gasteiger partial charge < -0.3 is 0 Å². The SMILES string of the molecule is CC(C)(I)c1cccc2sccc12. The van der Waals surface area contributed by atoms with Crippen molar-refractivity contribution in [2.24, 2.45) is 0 Å². The Morgan fingerprint density at radius 3 is 2.69 bits per heavy atom. The van der Waals surface area contributed by atoms with Crippen molar-refractivity contribution in [3.05, 3.63) is 35.2 Å². The fraction of sp³-hybridized carbons (Fsp3) is 0.273. The minimum Gasteiger partial charge on any atom is -0.144 e. The molecule has 0 saturated heterocycles. The number of halogens is 1. The van der Waals surface area contributed by atoms with Gasteiger partial charge in [0.25, 0.3) is 0 Å². The van der Waals surface area contributed by atoms with Crippen LogP contribution < -0.4 is 0 Å². The van der Waals surface area contributed by atoms with Gasteiger partial charge >= 0.3 is 0 Å². The molecule has 68 valence electrons. The molecule has 1 aromatic heterocycles. The molecule has 0 aliphatic heterocycles. The third-order valence-electron chi connectivity index (χ3n) is 2.14. The molecule has 2 aromatic rings. The lowest BCUT2D eigenvalue weighted by Gasteiger charge is -2.17. The van der Waals surface area contributed by atoms with E-state index in [2.05, 4.69) is 66.1 Å². The van der Waals surface area contributed by atoms with Gasteiger partial charge in [-0.2, -0.15) is 0 Å². The van der Waals surface area contributed by atoms with Gasteiger partial charge in [0.15, 0.2) is 0 Å². The van der Waals surface area contributed by atoms with E-state index in [1.54, 1.807) is 0 Å². The van der Waals surface area contributed by atoms with Crippen molar-refractivity contribution in [2.45, 2.75) is 17.3 Å². The first-order valence-electron chi connectivity index (χ1n) is 4.24. The van der Waals surface area contributed by atoms with E-state index in [1.807, 2.05) is 11.3 Å². The molecule has 0 aliphatic rings. The number of hydrogen-bond acceptors (Lipinski definition) is 1. The average molecular weight is 302 g/mol. The van der Waals surface area contributed by atoms with Crippen LogP contribution in [0, 0.1) is 0 Å². The first-order valence-corrected chi connectivity index (χ1v) is 6.20. The van der Waals surface area contributed by atoms with Gasteiger partial charge in [-0.05, 0) is 42.3 Å². The molecule has 0 spiro atoms. The Morgan fingerprint density at radius 2 is 2.00 bits per heavy atom. The molecule has 0 unspecified atom stereocenters. The third-order valence-corrected chi connectivity index (χ3v) is 3.60. The molecule has 0 radical (unpaired) electrons. The Kier molecular flexibility index (Phi) is 2.36. The van der Waals surface area contributed by atoms with E-state index in [0.717, 1.165) is 0 Å². The van der Waals surface area contributed by atoms with E-state index in [0.29, 0.717) is 0 Å². The highest BCUT2D eigenvalue weighted by Gasteiger charge is 2.18. The van der Waals surface area contributed by atoms with Crippen LogP contribution in [-0.4, -0.2) is 0 Å². The molecule has 2 heteroatoms. The lowest BCUT2D eigenvalue weighted by Crippen LogP contribution is -2.06. The summed E-state index contributed by atoms with van der Waals surface area (Å²) >= 11 is 4.31. The third kappa shape index (κ3) is 1.74. The van der Waals surface area contributed by atoms with Gasteiger partial charge in [0.2, 0.25) is 0 Å². The molecule has 0 N–H and O–H groups in total. The van der Waals surface area contributed by atoms with Gasteiger partial charge in [-0.15, -0.1) is 11.3 Å². The summed E-state index contributed by atoms with van der Waals surface area (Å²) in [6.45, 7) is 4.50. The predicted octanol–water partition coefficient (Wildman–Crippen LogP) is 4.57. The van der Waals surface area contributed by atoms with Crippen molar-refractivity contribution in [1.82, 2.24) is 0 Å². The van der Waals surface area contributed by atoms with Crippen molar-refractivity contribution < 1.29 is 0 Å². The monoisotopic (exact) mass is 302 g/mol. The quantitative estimate of drug-likeness (QED) is 0.534. The lowest BCUT2D eigenvalue weighted by atomic mass is 10.00. The molecular formula is C11H11IS. The van der Waals surface area contributed by atoms with Gasteiger partial charge in [-0.25, -0.2) is 0 Å².